The molecule has 0 spiro atoms. The first kappa shape index (κ1) is 42.4. The molecule has 3 fully saturated rings. The SMILES string of the molecule is CC[C@H]1OC(=O)[C@H](C)C(=O)[C@H](C)[C@@H](O[C@@H]2O[C@H](C)C[C@H](N(C)C)[C@H]2O)[C@](C)(OC/C=C/c2ccnc3ccccc23)C[C@@H](C)C(=O)[C@H](C)[C@H]2NC(=O)O[C@@]21C. The van der Waals surface area contributed by atoms with Gasteiger partial charge < -0.3 is 39.0 Å². The van der Waals surface area contributed by atoms with Crippen LogP contribution in [0.5, 0.6) is 0 Å². The monoisotopic (exact) mass is 765 g/mol. The van der Waals surface area contributed by atoms with E-state index >= 15 is 0 Å². The van der Waals surface area contributed by atoms with Gasteiger partial charge in [-0.2, -0.15) is 0 Å². The summed E-state index contributed by atoms with van der Waals surface area (Å²) in [6, 6.07) is 8.58. The highest BCUT2D eigenvalue weighted by molar-refractivity contribution is 6.00. The number of rotatable bonds is 8. The molecule has 0 bridgehead atoms. The van der Waals surface area contributed by atoms with E-state index in [1.165, 1.54) is 6.92 Å². The van der Waals surface area contributed by atoms with Crippen molar-refractivity contribution in [1.82, 2.24) is 15.2 Å². The van der Waals surface area contributed by atoms with Crippen molar-refractivity contribution < 1.29 is 48.0 Å². The second kappa shape index (κ2) is 17.2. The summed E-state index contributed by atoms with van der Waals surface area (Å²) in [6.07, 6.45) is 1.16. The number of carbonyl (C=O) groups is 4. The van der Waals surface area contributed by atoms with Crippen LogP contribution in [-0.2, 0) is 38.1 Å². The van der Waals surface area contributed by atoms with Crippen LogP contribution in [0.3, 0.4) is 0 Å². The molecule has 0 radical (unpaired) electrons. The average Bonchev–Trinajstić information content (AvgIpc) is 3.47. The van der Waals surface area contributed by atoms with Crippen LogP contribution >= 0.6 is 0 Å². The van der Waals surface area contributed by atoms with Gasteiger partial charge in [-0.05, 0) is 78.7 Å². The van der Waals surface area contributed by atoms with Gasteiger partial charge in [0.1, 0.15) is 23.9 Å². The first-order chi connectivity index (χ1) is 25.9. The number of ether oxygens (including phenoxy) is 5. The molecule has 1 aromatic carbocycles. The van der Waals surface area contributed by atoms with Crippen LogP contribution in [0.2, 0.25) is 0 Å². The zero-order valence-electron chi connectivity index (χ0n) is 33.8. The summed E-state index contributed by atoms with van der Waals surface area (Å²) in [7, 11) is 3.74. The number of hydrogen-bond acceptors (Lipinski definition) is 12. The zero-order chi connectivity index (χ0) is 40.4. The molecular weight excluding hydrogens is 706 g/mol. The molecule has 3 saturated heterocycles. The number of likely N-dealkylation sites (N-methyl/N-ethyl adjacent to an activating group) is 1. The lowest BCUT2D eigenvalue weighted by Gasteiger charge is -2.47. The lowest BCUT2D eigenvalue weighted by molar-refractivity contribution is -0.296. The Morgan fingerprint density at radius 3 is 2.42 bits per heavy atom. The van der Waals surface area contributed by atoms with E-state index in [0.717, 1.165) is 16.5 Å². The molecule has 302 valence electrons. The number of aliphatic hydroxyl groups is 1. The van der Waals surface area contributed by atoms with Crippen molar-refractivity contribution >= 4 is 40.6 Å². The highest BCUT2D eigenvalue weighted by atomic mass is 16.7. The van der Waals surface area contributed by atoms with E-state index < -0.39 is 83.4 Å². The van der Waals surface area contributed by atoms with Crippen molar-refractivity contribution in [2.75, 3.05) is 20.7 Å². The molecule has 3 aliphatic heterocycles. The summed E-state index contributed by atoms with van der Waals surface area (Å²) in [5.74, 6) is -5.12. The maximum absolute atomic E-state index is 14.4. The van der Waals surface area contributed by atoms with E-state index in [4.69, 9.17) is 23.7 Å². The number of hydrogen-bond donors (Lipinski definition) is 2. The number of para-hydroxylation sites is 1. The van der Waals surface area contributed by atoms with Crippen LogP contribution in [0.15, 0.2) is 42.6 Å². The normalized spacial score (nSPS) is 38.1. The number of esters is 1. The Labute approximate surface area is 324 Å². The molecule has 3 aliphatic rings. The maximum Gasteiger partial charge on any atom is 0.408 e. The van der Waals surface area contributed by atoms with Gasteiger partial charge in [0.05, 0.1) is 36.0 Å². The number of aromatic nitrogens is 1. The van der Waals surface area contributed by atoms with Crippen molar-refractivity contribution in [3.63, 3.8) is 0 Å². The van der Waals surface area contributed by atoms with Gasteiger partial charge >= 0.3 is 12.1 Å². The predicted molar refractivity (Wildman–Crippen MR) is 206 cm³/mol. The number of Topliss-reactive ketones (excluding diaryl/α,β-unsaturated/α-hetero) is 2. The highest BCUT2D eigenvalue weighted by Crippen LogP contribution is 2.40. The van der Waals surface area contributed by atoms with Crippen molar-refractivity contribution in [2.24, 2.45) is 23.7 Å². The van der Waals surface area contributed by atoms with Crippen LogP contribution < -0.4 is 5.32 Å². The Morgan fingerprint density at radius 1 is 1.02 bits per heavy atom. The summed E-state index contributed by atoms with van der Waals surface area (Å²) in [5.41, 5.74) is -0.955. The highest BCUT2D eigenvalue weighted by Gasteiger charge is 2.57. The number of benzene rings is 1. The van der Waals surface area contributed by atoms with E-state index in [1.807, 2.05) is 68.4 Å². The third-order valence-electron chi connectivity index (χ3n) is 11.9. The van der Waals surface area contributed by atoms with Crippen LogP contribution in [0.4, 0.5) is 4.79 Å². The smallest absolute Gasteiger partial charge is 0.408 e. The van der Waals surface area contributed by atoms with Gasteiger partial charge in [0.25, 0.3) is 0 Å². The van der Waals surface area contributed by atoms with E-state index in [-0.39, 0.29) is 37.4 Å². The fraction of sp³-hybridized carbons (Fsp3) is 0.643. The number of fused-ring (bicyclic) bond motifs is 2. The van der Waals surface area contributed by atoms with Crippen LogP contribution in [0.1, 0.15) is 80.2 Å². The van der Waals surface area contributed by atoms with Gasteiger partial charge in [-0.3, -0.25) is 19.4 Å². The number of pyridine rings is 1. The Kier molecular flexibility index (Phi) is 13.2. The van der Waals surface area contributed by atoms with Gasteiger partial charge in [0.15, 0.2) is 17.7 Å². The number of aliphatic hydroxyl groups excluding tert-OH is 1. The fourth-order valence-electron chi connectivity index (χ4n) is 8.80. The Balaban J connectivity index is 1.57. The van der Waals surface area contributed by atoms with E-state index in [1.54, 1.807) is 47.7 Å². The molecule has 1 amide bonds. The molecule has 2 N–H and O–H groups in total. The molecule has 13 nitrogen and oxygen atoms in total. The average molecular weight is 766 g/mol. The van der Waals surface area contributed by atoms with E-state index in [2.05, 4.69) is 10.3 Å². The molecular formula is C42H59N3O10. The van der Waals surface area contributed by atoms with Crippen molar-refractivity contribution in [2.45, 2.75) is 129 Å². The predicted octanol–water partition coefficient (Wildman–Crippen LogP) is 5.11. The third-order valence-corrected chi connectivity index (χ3v) is 11.9. The molecule has 13 atom stereocenters. The quantitative estimate of drug-likeness (QED) is 0.270. The first-order valence-corrected chi connectivity index (χ1v) is 19.5. The fourth-order valence-corrected chi connectivity index (χ4v) is 8.80. The van der Waals surface area contributed by atoms with Crippen molar-refractivity contribution in [3.8, 4) is 0 Å². The number of carbonyl (C=O) groups excluding carboxylic acids is 4. The van der Waals surface area contributed by atoms with E-state index in [9.17, 15) is 24.3 Å². The summed E-state index contributed by atoms with van der Waals surface area (Å²) in [6.45, 7) is 13.9. The number of nitrogens with one attached hydrogen (secondary N) is 1. The summed E-state index contributed by atoms with van der Waals surface area (Å²) >= 11 is 0. The van der Waals surface area contributed by atoms with Crippen LogP contribution in [0, 0.1) is 23.7 Å². The molecule has 5 rings (SSSR count). The van der Waals surface area contributed by atoms with Gasteiger partial charge in [-0.15, -0.1) is 0 Å². The second-order valence-electron chi connectivity index (χ2n) is 16.3. The summed E-state index contributed by atoms with van der Waals surface area (Å²) in [5, 5.41) is 15.3. The third kappa shape index (κ3) is 8.81. The Hall–Kier alpha value is -3.75. The maximum atomic E-state index is 14.4. The molecule has 13 heteroatoms. The Bertz CT molecular complexity index is 1750. The zero-order valence-corrected chi connectivity index (χ0v) is 33.8. The van der Waals surface area contributed by atoms with Crippen molar-refractivity contribution in [1.29, 1.82) is 0 Å². The van der Waals surface area contributed by atoms with Gasteiger partial charge in [-0.25, -0.2) is 4.79 Å². The molecule has 55 heavy (non-hydrogen) atoms. The molecule has 0 aliphatic carbocycles. The van der Waals surface area contributed by atoms with E-state index in [0.29, 0.717) is 6.42 Å². The minimum absolute atomic E-state index is 0.0650. The number of amides is 1. The van der Waals surface area contributed by atoms with Crippen molar-refractivity contribution in [3.05, 3.63) is 48.2 Å². The summed E-state index contributed by atoms with van der Waals surface area (Å²) in [4.78, 5) is 61.8. The Morgan fingerprint density at radius 2 is 1.73 bits per heavy atom. The standard InChI is InChI=1S/C42H59N3O10/c1-11-32-42(8)36(44-40(50)55-42)25(4)33(46)23(2)22-41(7,51-20-14-15-28-18-19-43-30-17-13-12-16-29(28)30)37(26(5)34(47)27(6)38(49)53-32)54-39-35(48)31(45(9)10)21-24(3)52-39/h12-19,23-27,31-32,35-37,39,48H,11,20-22H2,1-10H3,(H,44,50)/b15-14+/t23-,24-,25+,26+,27-,31+,32-,35-,36-,37-,39+,41-,42-/m1/s1. The van der Waals surface area contributed by atoms with Crippen LogP contribution in [-0.4, -0.2) is 113 Å². The lowest BCUT2D eigenvalue weighted by atomic mass is 9.73. The lowest BCUT2D eigenvalue weighted by Crippen LogP contribution is -2.60. The van der Waals surface area contributed by atoms with Gasteiger partial charge in [0, 0.05) is 35.4 Å². The molecule has 1 aromatic heterocycles. The van der Waals surface area contributed by atoms with Gasteiger partial charge in [0.2, 0.25) is 0 Å². The number of nitrogens with zero attached hydrogens (tertiary/aromatic N) is 2. The summed E-state index contributed by atoms with van der Waals surface area (Å²) < 4.78 is 31.4. The first-order valence-electron chi connectivity index (χ1n) is 19.5. The minimum Gasteiger partial charge on any atom is -0.458 e. The molecule has 2 aromatic rings. The molecule has 0 saturated carbocycles. The number of ketones is 2. The number of cyclic esters (lactones) is 1. The van der Waals surface area contributed by atoms with Gasteiger partial charge in [-0.1, -0.05) is 58.0 Å². The van der Waals surface area contributed by atoms with Crippen LogP contribution in [0.25, 0.3) is 17.0 Å². The molecule has 4 heterocycles. The minimum atomic E-state index is -1.38. The number of alkyl carbamates (subject to hydrolysis) is 1. The largest absolute Gasteiger partial charge is 0.458 e. The topological polar surface area (TPSA) is 163 Å². The second-order valence-corrected chi connectivity index (χ2v) is 16.3. The molecule has 0 unspecified atom stereocenters.